The Bertz CT molecular complexity index is 913. The Morgan fingerprint density at radius 2 is 1.63 bits per heavy atom. The SMILES string of the molecule is C=C1CCN(c2ccc(/C=C3\CCN(Cc4ccccc4)C3=O)cc2)C1=O. The van der Waals surface area contributed by atoms with Gasteiger partial charge in [0.2, 0.25) is 5.91 Å². The van der Waals surface area contributed by atoms with Crippen molar-refractivity contribution in [1.29, 1.82) is 0 Å². The summed E-state index contributed by atoms with van der Waals surface area (Å²) in [5.74, 6) is 0.109. The fourth-order valence-electron chi connectivity index (χ4n) is 3.60. The summed E-state index contributed by atoms with van der Waals surface area (Å²) in [4.78, 5) is 28.4. The fraction of sp³-hybridized carbons (Fsp3) is 0.217. The van der Waals surface area contributed by atoms with Crippen LogP contribution in [0.4, 0.5) is 5.69 Å². The van der Waals surface area contributed by atoms with E-state index in [0.29, 0.717) is 18.7 Å². The van der Waals surface area contributed by atoms with Crippen LogP contribution in [0.25, 0.3) is 6.08 Å². The van der Waals surface area contributed by atoms with E-state index in [4.69, 9.17) is 0 Å². The van der Waals surface area contributed by atoms with E-state index in [9.17, 15) is 9.59 Å². The molecule has 0 unspecified atom stereocenters. The number of hydrogen-bond acceptors (Lipinski definition) is 2. The number of benzene rings is 2. The third-order valence-electron chi connectivity index (χ3n) is 5.16. The maximum Gasteiger partial charge on any atom is 0.253 e. The molecule has 0 atom stereocenters. The Kier molecular flexibility index (Phi) is 4.63. The second-order valence-corrected chi connectivity index (χ2v) is 7.03. The van der Waals surface area contributed by atoms with Gasteiger partial charge in [-0.15, -0.1) is 0 Å². The van der Waals surface area contributed by atoms with Gasteiger partial charge in [0.25, 0.3) is 5.91 Å². The number of carbonyl (C=O) groups excluding carboxylic acids is 2. The number of nitrogens with zero attached hydrogens (tertiary/aromatic N) is 2. The van der Waals surface area contributed by atoms with Crippen LogP contribution in [0.5, 0.6) is 0 Å². The highest BCUT2D eigenvalue weighted by Crippen LogP contribution is 2.26. The van der Waals surface area contributed by atoms with E-state index in [2.05, 4.69) is 6.58 Å². The van der Waals surface area contributed by atoms with Crippen LogP contribution in [0, 0.1) is 0 Å². The summed E-state index contributed by atoms with van der Waals surface area (Å²) in [5.41, 5.74) is 4.51. The van der Waals surface area contributed by atoms with Crippen LogP contribution in [0.3, 0.4) is 0 Å². The molecular weight excluding hydrogens is 336 g/mol. The number of hydrogen-bond donors (Lipinski definition) is 0. The van der Waals surface area contributed by atoms with E-state index in [0.717, 1.165) is 41.8 Å². The van der Waals surface area contributed by atoms with Gasteiger partial charge in [0.1, 0.15) is 0 Å². The summed E-state index contributed by atoms with van der Waals surface area (Å²) in [7, 11) is 0. The normalized spacial score (nSPS) is 18.8. The molecule has 2 amide bonds. The minimum atomic E-state index is 0.00336. The molecule has 2 fully saturated rings. The standard InChI is InChI=1S/C23H22N2O2/c1-17-11-14-25(22(17)26)21-9-7-18(8-10-21)15-20-12-13-24(23(20)27)16-19-5-3-2-4-6-19/h2-10,15H,1,11-14,16H2/b20-15+. The molecule has 0 aliphatic carbocycles. The van der Waals surface area contributed by atoms with Gasteiger partial charge in [-0.2, -0.15) is 0 Å². The van der Waals surface area contributed by atoms with Gasteiger partial charge in [-0.1, -0.05) is 49.0 Å². The summed E-state index contributed by atoms with van der Waals surface area (Å²) in [5, 5.41) is 0. The smallest absolute Gasteiger partial charge is 0.253 e. The first-order valence-corrected chi connectivity index (χ1v) is 9.25. The van der Waals surface area contributed by atoms with Crippen molar-refractivity contribution in [3.63, 3.8) is 0 Å². The molecule has 2 aromatic rings. The second-order valence-electron chi connectivity index (χ2n) is 7.03. The second kappa shape index (κ2) is 7.23. The van der Waals surface area contributed by atoms with Crippen molar-refractivity contribution in [2.75, 3.05) is 18.0 Å². The molecule has 4 heteroatoms. The first kappa shape index (κ1) is 17.3. The van der Waals surface area contributed by atoms with E-state index in [1.165, 1.54) is 0 Å². The zero-order valence-electron chi connectivity index (χ0n) is 15.2. The minimum absolute atomic E-state index is 0.00336. The van der Waals surface area contributed by atoms with Crippen LogP contribution in [0.15, 0.2) is 72.3 Å². The fourth-order valence-corrected chi connectivity index (χ4v) is 3.60. The Balaban J connectivity index is 1.45. The van der Waals surface area contributed by atoms with Gasteiger partial charge in [-0.25, -0.2) is 0 Å². The monoisotopic (exact) mass is 358 g/mol. The van der Waals surface area contributed by atoms with Gasteiger partial charge in [0, 0.05) is 36.5 Å². The summed E-state index contributed by atoms with van der Waals surface area (Å²) in [6, 6.07) is 17.9. The van der Waals surface area contributed by atoms with E-state index in [1.807, 2.05) is 65.6 Å². The van der Waals surface area contributed by atoms with Crippen molar-refractivity contribution >= 4 is 23.6 Å². The molecule has 4 nitrogen and oxygen atoms in total. The predicted molar refractivity (Wildman–Crippen MR) is 107 cm³/mol. The van der Waals surface area contributed by atoms with E-state index in [1.54, 1.807) is 4.90 Å². The molecule has 2 aliphatic heterocycles. The Morgan fingerprint density at radius 3 is 2.30 bits per heavy atom. The molecule has 0 spiro atoms. The topological polar surface area (TPSA) is 40.6 Å². The third-order valence-corrected chi connectivity index (χ3v) is 5.16. The maximum atomic E-state index is 12.7. The number of anilines is 1. The summed E-state index contributed by atoms with van der Waals surface area (Å²) in [6.07, 6.45) is 3.44. The zero-order valence-corrected chi connectivity index (χ0v) is 15.2. The average Bonchev–Trinajstić information content (AvgIpc) is 3.20. The highest BCUT2D eigenvalue weighted by atomic mass is 16.2. The van der Waals surface area contributed by atoms with Gasteiger partial charge in [0.15, 0.2) is 0 Å². The lowest BCUT2D eigenvalue weighted by Crippen LogP contribution is -2.24. The molecular formula is C23H22N2O2. The summed E-state index contributed by atoms with van der Waals surface area (Å²) < 4.78 is 0. The number of amides is 2. The molecule has 2 saturated heterocycles. The quantitative estimate of drug-likeness (QED) is 0.780. The highest BCUT2D eigenvalue weighted by Gasteiger charge is 2.26. The molecule has 0 aromatic heterocycles. The van der Waals surface area contributed by atoms with Crippen LogP contribution in [0.1, 0.15) is 24.0 Å². The predicted octanol–water partition coefficient (Wildman–Crippen LogP) is 3.80. The molecule has 0 bridgehead atoms. The average molecular weight is 358 g/mol. The van der Waals surface area contributed by atoms with E-state index >= 15 is 0 Å². The van der Waals surface area contributed by atoms with Gasteiger partial charge in [0.05, 0.1) is 0 Å². The zero-order chi connectivity index (χ0) is 18.8. The van der Waals surface area contributed by atoms with Crippen molar-refractivity contribution in [2.45, 2.75) is 19.4 Å². The lowest BCUT2D eigenvalue weighted by molar-refractivity contribution is -0.125. The lowest BCUT2D eigenvalue weighted by atomic mass is 10.1. The van der Waals surface area contributed by atoms with Crippen molar-refractivity contribution in [3.05, 3.63) is 83.4 Å². The molecule has 2 aromatic carbocycles. The Morgan fingerprint density at radius 1 is 0.889 bits per heavy atom. The van der Waals surface area contributed by atoms with Gasteiger partial charge in [-0.05, 0) is 42.2 Å². The van der Waals surface area contributed by atoms with E-state index < -0.39 is 0 Å². The molecule has 0 N–H and O–H groups in total. The lowest BCUT2D eigenvalue weighted by Gasteiger charge is -2.15. The van der Waals surface area contributed by atoms with Crippen LogP contribution in [-0.4, -0.2) is 29.8 Å². The molecule has 0 radical (unpaired) electrons. The van der Waals surface area contributed by atoms with Gasteiger partial charge in [-0.3, -0.25) is 9.59 Å². The summed E-state index contributed by atoms with van der Waals surface area (Å²) in [6.45, 7) is 5.89. The summed E-state index contributed by atoms with van der Waals surface area (Å²) >= 11 is 0. The van der Waals surface area contributed by atoms with Crippen LogP contribution in [-0.2, 0) is 16.1 Å². The van der Waals surface area contributed by atoms with Crippen molar-refractivity contribution in [2.24, 2.45) is 0 Å². The Labute approximate surface area is 159 Å². The molecule has 27 heavy (non-hydrogen) atoms. The number of rotatable bonds is 4. The number of likely N-dealkylation sites (tertiary alicyclic amines) is 1. The molecule has 2 aliphatic rings. The Hall–Kier alpha value is -3.14. The maximum absolute atomic E-state index is 12.7. The van der Waals surface area contributed by atoms with Crippen molar-refractivity contribution < 1.29 is 9.59 Å². The van der Waals surface area contributed by atoms with Gasteiger partial charge < -0.3 is 9.80 Å². The molecule has 0 saturated carbocycles. The van der Waals surface area contributed by atoms with E-state index in [-0.39, 0.29) is 11.8 Å². The first-order chi connectivity index (χ1) is 13.1. The third kappa shape index (κ3) is 3.56. The van der Waals surface area contributed by atoms with Crippen molar-refractivity contribution in [1.82, 2.24) is 4.90 Å². The van der Waals surface area contributed by atoms with Crippen LogP contribution in [0.2, 0.25) is 0 Å². The highest BCUT2D eigenvalue weighted by molar-refractivity contribution is 6.07. The van der Waals surface area contributed by atoms with Crippen LogP contribution < -0.4 is 4.90 Å². The molecule has 4 rings (SSSR count). The largest absolute Gasteiger partial charge is 0.334 e. The van der Waals surface area contributed by atoms with Crippen LogP contribution >= 0.6 is 0 Å². The first-order valence-electron chi connectivity index (χ1n) is 9.25. The molecule has 2 heterocycles. The molecule has 136 valence electrons. The van der Waals surface area contributed by atoms with Crippen molar-refractivity contribution in [3.8, 4) is 0 Å². The van der Waals surface area contributed by atoms with Gasteiger partial charge >= 0.3 is 0 Å². The minimum Gasteiger partial charge on any atom is -0.334 e. The number of carbonyl (C=O) groups is 2.